The van der Waals surface area contributed by atoms with Gasteiger partial charge in [0, 0.05) is 0 Å². The Bertz CT molecular complexity index is 104. The van der Waals surface area contributed by atoms with Gasteiger partial charge in [-0.15, -0.1) is 0 Å². The summed E-state index contributed by atoms with van der Waals surface area (Å²) in [5, 5.41) is 0. The zero-order chi connectivity index (χ0) is 5.44. The maximum absolute atomic E-state index is 11.7. The predicted octanol–water partition coefficient (Wildman–Crippen LogP) is 0.154. The van der Waals surface area contributed by atoms with Gasteiger partial charge in [0.05, 0.1) is 5.92 Å². The van der Waals surface area contributed by atoms with Gasteiger partial charge in [-0.3, -0.25) is 10.5 Å². The largest absolute Gasteiger partial charge is 0.273 e. The Balaban J connectivity index is 2.33. The third kappa shape index (κ3) is 0.706. The van der Waals surface area contributed by atoms with E-state index in [1.165, 1.54) is 0 Å². The van der Waals surface area contributed by atoms with E-state index >= 15 is 0 Å². The molecule has 0 bridgehead atoms. The summed E-state index contributed by atoms with van der Waals surface area (Å²) < 4.78 is 11.7. The summed E-state index contributed by atoms with van der Waals surface area (Å²) in [4.78, 5) is 9.84. The Morgan fingerprint density at radius 3 is 2.29 bits per heavy atom. The zero-order valence-corrected chi connectivity index (χ0v) is 3.65. The third-order valence-electron chi connectivity index (χ3n) is 1.05. The van der Waals surface area contributed by atoms with Crippen LogP contribution in [0.1, 0.15) is 6.42 Å². The lowest BCUT2D eigenvalue weighted by atomic mass is 10.4. The van der Waals surface area contributed by atoms with Crippen LogP contribution in [0.2, 0.25) is 0 Å². The fraction of sp³-hybridized carbons (Fsp3) is 0.750. The van der Waals surface area contributed by atoms with E-state index < -0.39 is 18.0 Å². The average Bonchev–Trinajstić information content (AvgIpc) is 2.17. The van der Waals surface area contributed by atoms with E-state index in [0.29, 0.717) is 0 Å². The van der Waals surface area contributed by atoms with Crippen molar-refractivity contribution in [3.63, 3.8) is 0 Å². The van der Waals surface area contributed by atoms with E-state index in [4.69, 9.17) is 5.73 Å². The van der Waals surface area contributed by atoms with Crippen LogP contribution in [0.15, 0.2) is 0 Å². The van der Waals surface area contributed by atoms with E-state index in [9.17, 15) is 9.18 Å². The van der Waals surface area contributed by atoms with Gasteiger partial charge in [-0.05, 0) is 6.42 Å². The number of halogens is 1. The van der Waals surface area contributed by atoms with Crippen LogP contribution in [0.5, 0.6) is 0 Å². The molecule has 0 aromatic rings. The highest BCUT2D eigenvalue weighted by Crippen LogP contribution is 2.33. The van der Waals surface area contributed by atoms with Crippen LogP contribution >= 0.6 is 0 Å². The summed E-state index contributed by atoms with van der Waals surface area (Å²) >= 11 is 0. The van der Waals surface area contributed by atoms with E-state index in [2.05, 4.69) is 0 Å². The van der Waals surface area contributed by atoms with Crippen LogP contribution < -0.4 is 5.73 Å². The molecule has 1 aliphatic rings. The van der Waals surface area contributed by atoms with Crippen molar-refractivity contribution in [1.82, 2.24) is 5.73 Å². The molecule has 0 spiro atoms. The van der Waals surface area contributed by atoms with Crippen LogP contribution in [-0.2, 0) is 4.79 Å². The van der Waals surface area contributed by atoms with Gasteiger partial charge >= 0.3 is 0 Å². The van der Waals surface area contributed by atoms with Gasteiger partial charge in [-0.25, -0.2) is 4.39 Å². The molecule has 1 amide bonds. The number of rotatable bonds is 1. The molecule has 1 aliphatic carbocycles. The topological polar surface area (TPSA) is 40.9 Å². The van der Waals surface area contributed by atoms with E-state index in [1.54, 1.807) is 0 Å². The van der Waals surface area contributed by atoms with Gasteiger partial charge in [0.2, 0.25) is 5.91 Å². The smallest absolute Gasteiger partial charge is 0.244 e. The number of nitrogens with one attached hydrogen (secondary N) is 1. The molecule has 1 fully saturated rings. The molecule has 1 saturated carbocycles. The molecule has 0 heterocycles. The molecule has 1 rings (SSSR count). The van der Waals surface area contributed by atoms with E-state index in [1.807, 2.05) is 0 Å². The molecule has 0 aliphatic heterocycles. The quantitative estimate of drug-likeness (QED) is 0.464. The van der Waals surface area contributed by atoms with Gasteiger partial charge in [-0.2, -0.15) is 0 Å². The highest BCUT2D eigenvalue weighted by molar-refractivity contribution is 5.79. The molecule has 7 heavy (non-hydrogen) atoms. The van der Waals surface area contributed by atoms with Crippen LogP contribution in [0.25, 0.3) is 0 Å². The van der Waals surface area contributed by atoms with Gasteiger partial charge in [0.15, 0.2) is 0 Å². The van der Waals surface area contributed by atoms with Gasteiger partial charge in [0.1, 0.15) is 6.17 Å². The maximum atomic E-state index is 11.7. The molecule has 2 nitrogen and oxygen atoms in total. The molecule has 1 N–H and O–H groups in total. The van der Waals surface area contributed by atoms with E-state index in [-0.39, 0.29) is 6.42 Å². The predicted molar refractivity (Wildman–Crippen MR) is 21.1 cm³/mol. The molecular weight excluding hydrogens is 97.0 g/mol. The second kappa shape index (κ2) is 1.18. The fourth-order valence-corrected chi connectivity index (χ4v) is 0.435. The van der Waals surface area contributed by atoms with Crippen LogP contribution in [0, 0.1) is 5.92 Å². The standard InChI is InChI=1S/C4H5FNO/c5-3-1-2(3)4(6)7/h2-3,6H,1H2. The van der Waals surface area contributed by atoms with Crippen molar-refractivity contribution in [2.75, 3.05) is 0 Å². The van der Waals surface area contributed by atoms with Crippen molar-refractivity contribution >= 4 is 5.91 Å². The molecule has 0 aromatic carbocycles. The molecule has 0 saturated heterocycles. The highest BCUT2D eigenvalue weighted by atomic mass is 19.1. The van der Waals surface area contributed by atoms with Gasteiger partial charge < -0.3 is 0 Å². The zero-order valence-electron chi connectivity index (χ0n) is 3.65. The number of hydrogen-bond donors (Lipinski definition) is 0. The van der Waals surface area contributed by atoms with Gasteiger partial charge in [-0.1, -0.05) is 0 Å². The molecule has 2 atom stereocenters. The SMILES string of the molecule is [NH]C(=O)C1CC1F. The highest BCUT2D eigenvalue weighted by Gasteiger charge is 2.42. The number of amides is 1. The summed E-state index contributed by atoms with van der Waals surface area (Å²) in [6.07, 6.45) is -0.715. The Labute approximate surface area is 40.5 Å². The fourth-order valence-electron chi connectivity index (χ4n) is 0.435. The Hall–Kier alpha value is -0.600. The summed E-state index contributed by atoms with van der Waals surface area (Å²) in [6.45, 7) is 0. The first-order valence-corrected chi connectivity index (χ1v) is 2.11. The minimum absolute atomic E-state index is 0.280. The van der Waals surface area contributed by atoms with Crippen molar-refractivity contribution in [3.8, 4) is 0 Å². The molecule has 39 valence electrons. The van der Waals surface area contributed by atoms with E-state index in [0.717, 1.165) is 0 Å². The van der Waals surface area contributed by atoms with Crippen molar-refractivity contribution in [3.05, 3.63) is 0 Å². The molecule has 3 heteroatoms. The normalized spacial score (nSPS) is 37.9. The number of carbonyl (C=O) groups is 1. The lowest BCUT2D eigenvalue weighted by Gasteiger charge is -1.77. The number of alkyl halides is 1. The van der Waals surface area contributed by atoms with Crippen LogP contribution in [0.4, 0.5) is 4.39 Å². The van der Waals surface area contributed by atoms with Crippen molar-refractivity contribution in [2.24, 2.45) is 5.92 Å². The van der Waals surface area contributed by atoms with Crippen molar-refractivity contribution in [1.29, 1.82) is 0 Å². The molecule has 1 radical (unpaired) electrons. The Kier molecular flexibility index (Phi) is 0.770. The first-order valence-electron chi connectivity index (χ1n) is 2.11. The lowest BCUT2D eigenvalue weighted by Crippen LogP contribution is -2.01. The summed E-state index contributed by atoms with van der Waals surface area (Å²) in [5.41, 5.74) is 6.35. The second-order valence-electron chi connectivity index (χ2n) is 1.72. The first kappa shape index (κ1) is 4.56. The average molecular weight is 102 g/mol. The monoisotopic (exact) mass is 102 g/mol. The first-order chi connectivity index (χ1) is 3.22. The number of hydrogen-bond acceptors (Lipinski definition) is 1. The third-order valence-corrected chi connectivity index (χ3v) is 1.05. The number of carbonyl (C=O) groups excluding carboxylic acids is 1. The Morgan fingerprint density at radius 2 is 2.29 bits per heavy atom. The van der Waals surface area contributed by atoms with Crippen molar-refractivity contribution < 1.29 is 9.18 Å². The lowest BCUT2D eigenvalue weighted by molar-refractivity contribution is -0.120. The summed E-state index contributed by atoms with van der Waals surface area (Å²) in [6, 6.07) is 0. The Morgan fingerprint density at radius 1 is 1.86 bits per heavy atom. The molecule has 2 unspecified atom stereocenters. The van der Waals surface area contributed by atoms with Crippen LogP contribution in [-0.4, -0.2) is 12.1 Å². The van der Waals surface area contributed by atoms with Crippen molar-refractivity contribution in [2.45, 2.75) is 12.6 Å². The van der Waals surface area contributed by atoms with Crippen LogP contribution in [0.3, 0.4) is 0 Å². The summed E-state index contributed by atoms with van der Waals surface area (Å²) in [5.74, 6) is -1.33. The summed E-state index contributed by atoms with van der Waals surface area (Å²) in [7, 11) is 0. The minimum atomic E-state index is -0.995. The maximum Gasteiger partial charge on any atom is 0.244 e. The minimum Gasteiger partial charge on any atom is -0.273 e. The molecule has 0 aromatic heterocycles. The van der Waals surface area contributed by atoms with Gasteiger partial charge in [0.25, 0.3) is 0 Å². The molecular formula is C4H5FNO. The second-order valence-corrected chi connectivity index (χ2v) is 1.72.